The van der Waals surface area contributed by atoms with Gasteiger partial charge >= 0.3 is 6.09 Å². The lowest BCUT2D eigenvalue weighted by molar-refractivity contribution is 0.135. The molecule has 114 valence electrons. The van der Waals surface area contributed by atoms with E-state index in [1.165, 1.54) is 11.5 Å². The lowest BCUT2D eigenvalue weighted by atomic mass is 10.1. The number of ether oxygens (including phenoxy) is 1. The normalized spacial score (nSPS) is 11.6. The van der Waals surface area contributed by atoms with Crippen molar-refractivity contribution in [2.45, 2.75) is 39.3 Å². The van der Waals surface area contributed by atoms with Crippen molar-refractivity contribution in [2.75, 3.05) is 6.61 Å². The van der Waals surface area contributed by atoms with Gasteiger partial charge in [-0.1, -0.05) is 23.7 Å². The Balaban J connectivity index is 1.84. The lowest BCUT2D eigenvalue weighted by Crippen LogP contribution is -2.41. The van der Waals surface area contributed by atoms with Crippen molar-refractivity contribution < 1.29 is 9.53 Å². The van der Waals surface area contributed by atoms with E-state index in [1.54, 1.807) is 3.96 Å². The summed E-state index contributed by atoms with van der Waals surface area (Å²) in [6, 6.07) is 7.55. The highest BCUT2D eigenvalue weighted by Crippen LogP contribution is 2.15. The number of rotatable bonds is 4. The Labute approximate surface area is 127 Å². The smallest absolute Gasteiger partial charge is 0.407 e. The Morgan fingerprint density at radius 1 is 1.33 bits per heavy atom. The van der Waals surface area contributed by atoms with Crippen LogP contribution in [0.1, 0.15) is 27.2 Å². The number of hydrogen-bond acceptors (Lipinski definition) is 4. The third kappa shape index (κ3) is 4.32. The molecule has 0 aliphatic heterocycles. The molecule has 2 rings (SSSR count). The van der Waals surface area contributed by atoms with E-state index in [1.807, 2.05) is 45.0 Å². The Kier molecular flexibility index (Phi) is 4.67. The molecule has 1 N–H and O–H groups in total. The van der Waals surface area contributed by atoms with Gasteiger partial charge in [0.1, 0.15) is 0 Å². The Morgan fingerprint density at radius 3 is 2.71 bits per heavy atom. The average molecular weight is 308 g/mol. The van der Waals surface area contributed by atoms with Gasteiger partial charge in [-0.15, -0.1) is 0 Å². The number of fused-ring (bicyclic) bond motifs is 1. The van der Waals surface area contributed by atoms with E-state index in [0.29, 0.717) is 19.6 Å². The molecule has 0 atom stereocenters. The van der Waals surface area contributed by atoms with Gasteiger partial charge in [0.25, 0.3) is 5.56 Å². The van der Waals surface area contributed by atoms with E-state index in [-0.39, 0.29) is 11.1 Å². The molecule has 5 nitrogen and oxygen atoms in total. The highest BCUT2D eigenvalue weighted by molar-refractivity contribution is 7.13. The predicted octanol–water partition coefficient (Wildman–Crippen LogP) is 2.98. The SMILES string of the molecule is CC(C)(C)NC(=O)OCCCn1sc2ccccc2c1=O. The summed E-state index contributed by atoms with van der Waals surface area (Å²) in [6.07, 6.45) is 0.191. The predicted molar refractivity (Wildman–Crippen MR) is 84.9 cm³/mol. The molecule has 0 aliphatic carbocycles. The second-order valence-corrected chi connectivity index (χ2v) is 6.92. The lowest BCUT2D eigenvalue weighted by Gasteiger charge is -2.19. The highest BCUT2D eigenvalue weighted by atomic mass is 32.1. The molecule has 1 aromatic carbocycles. The fourth-order valence-electron chi connectivity index (χ4n) is 1.88. The van der Waals surface area contributed by atoms with Crippen LogP contribution in [-0.4, -0.2) is 22.2 Å². The summed E-state index contributed by atoms with van der Waals surface area (Å²) in [5, 5.41) is 3.47. The van der Waals surface area contributed by atoms with Gasteiger partial charge in [0.05, 0.1) is 16.7 Å². The zero-order valence-corrected chi connectivity index (χ0v) is 13.3. The molecule has 2 aromatic rings. The molecule has 0 spiro atoms. The van der Waals surface area contributed by atoms with Crippen LogP contribution in [0.25, 0.3) is 10.1 Å². The van der Waals surface area contributed by atoms with Crippen LogP contribution in [0.3, 0.4) is 0 Å². The number of hydrogen-bond donors (Lipinski definition) is 1. The summed E-state index contributed by atoms with van der Waals surface area (Å²) in [5.74, 6) is 0. The van der Waals surface area contributed by atoms with Crippen LogP contribution >= 0.6 is 11.5 Å². The summed E-state index contributed by atoms with van der Waals surface area (Å²) in [5.41, 5.74) is -0.283. The first-order valence-electron chi connectivity index (χ1n) is 6.90. The fraction of sp³-hybridized carbons (Fsp3) is 0.467. The molecule has 6 heteroatoms. The van der Waals surface area contributed by atoms with Crippen molar-refractivity contribution in [3.05, 3.63) is 34.6 Å². The van der Waals surface area contributed by atoms with Crippen molar-refractivity contribution >= 4 is 27.7 Å². The van der Waals surface area contributed by atoms with E-state index >= 15 is 0 Å². The van der Waals surface area contributed by atoms with E-state index in [2.05, 4.69) is 5.32 Å². The van der Waals surface area contributed by atoms with E-state index in [9.17, 15) is 9.59 Å². The number of alkyl carbamates (subject to hydrolysis) is 1. The molecule has 21 heavy (non-hydrogen) atoms. The first-order valence-corrected chi connectivity index (χ1v) is 7.68. The van der Waals surface area contributed by atoms with Gasteiger partial charge in [-0.25, -0.2) is 4.79 Å². The number of nitrogens with zero attached hydrogens (tertiary/aromatic N) is 1. The van der Waals surface area contributed by atoms with Crippen LogP contribution in [0.4, 0.5) is 4.79 Å². The minimum atomic E-state index is -0.425. The summed E-state index contributed by atoms with van der Waals surface area (Å²) in [6.45, 7) is 6.53. The first-order chi connectivity index (χ1) is 9.87. The number of aromatic nitrogens is 1. The summed E-state index contributed by atoms with van der Waals surface area (Å²) in [7, 11) is 0. The second kappa shape index (κ2) is 6.30. The number of carbonyl (C=O) groups excluding carboxylic acids is 1. The molecule has 0 fully saturated rings. The van der Waals surface area contributed by atoms with E-state index in [4.69, 9.17) is 4.74 Å². The van der Waals surface area contributed by atoms with Crippen LogP contribution in [0.2, 0.25) is 0 Å². The van der Waals surface area contributed by atoms with Crippen LogP contribution in [0.5, 0.6) is 0 Å². The van der Waals surface area contributed by atoms with Gasteiger partial charge in [0.15, 0.2) is 0 Å². The van der Waals surface area contributed by atoms with Crippen molar-refractivity contribution in [2.24, 2.45) is 0 Å². The maximum absolute atomic E-state index is 12.1. The Morgan fingerprint density at radius 2 is 2.05 bits per heavy atom. The monoisotopic (exact) mass is 308 g/mol. The minimum absolute atomic E-state index is 0.0229. The van der Waals surface area contributed by atoms with Crippen molar-refractivity contribution in [3.8, 4) is 0 Å². The number of carbonyl (C=O) groups is 1. The molecule has 0 bridgehead atoms. The summed E-state index contributed by atoms with van der Waals surface area (Å²) < 4.78 is 7.78. The zero-order chi connectivity index (χ0) is 15.5. The number of amides is 1. The molecular weight excluding hydrogens is 288 g/mol. The topological polar surface area (TPSA) is 60.3 Å². The molecule has 1 amide bonds. The maximum Gasteiger partial charge on any atom is 0.407 e. The molecule has 0 saturated carbocycles. The Bertz CT molecular complexity index is 682. The fourth-order valence-corrected chi connectivity index (χ4v) is 2.91. The number of nitrogens with one attached hydrogen (secondary N) is 1. The maximum atomic E-state index is 12.1. The number of aryl methyl sites for hydroxylation is 1. The Hall–Kier alpha value is -1.82. The number of benzene rings is 1. The van der Waals surface area contributed by atoms with E-state index in [0.717, 1.165) is 10.1 Å². The van der Waals surface area contributed by atoms with Crippen LogP contribution in [0, 0.1) is 0 Å². The molecule has 0 unspecified atom stereocenters. The quantitative estimate of drug-likeness (QED) is 0.883. The molecule has 1 aromatic heterocycles. The van der Waals surface area contributed by atoms with Crippen molar-refractivity contribution in [1.29, 1.82) is 0 Å². The van der Waals surface area contributed by atoms with Gasteiger partial charge in [0, 0.05) is 18.5 Å². The first kappa shape index (κ1) is 15.6. The molecule has 0 aliphatic rings. The third-order valence-electron chi connectivity index (χ3n) is 2.77. The standard InChI is InChI=1S/C15H20N2O3S/c1-15(2,3)16-14(19)20-10-6-9-17-13(18)11-7-4-5-8-12(11)21-17/h4-5,7-8H,6,9-10H2,1-3H3,(H,16,19). The molecule has 1 heterocycles. The second-order valence-electron chi connectivity index (χ2n) is 5.86. The van der Waals surface area contributed by atoms with Crippen LogP contribution < -0.4 is 10.9 Å². The van der Waals surface area contributed by atoms with Gasteiger partial charge in [-0.05, 0) is 32.9 Å². The molecular formula is C15H20N2O3S. The van der Waals surface area contributed by atoms with Gasteiger partial charge < -0.3 is 10.1 Å². The summed E-state index contributed by atoms with van der Waals surface area (Å²) in [4.78, 5) is 23.6. The average Bonchev–Trinajstić information content (AvgIpc) is 2.70. The third-order valence-corrected chi connectivity index (χ3v) is 3.89. The largest absolute Gasteiger partial charge is 0.449 e. The van der Waals surface area contributed by atoms with Gasteiger partial charge in [-0.2, -0.15) is 0 Å². The van der Waals surface area contributed by atoms with E-state index < -0.39 is 6.09 Å². The van der Waals surface area contributed by atoms with Crippen LogP contribution in [-0.2, 0) is 11.3 Å². The zero-order valence-electron chi connectivity index (χ0n) is 12.5. The molecule has 0 saturated heterocycles. The van der Waals surface area contributed by atoms with Gasteiger partial charge in [-0.3, -0.25) is 8.75 Å². The minimum Gasteiger partial charge on any atom is -0.449 e. The van der Waals surface area contributed by atoms with Crippen molar-refractivity contribution in [3.63, 3.8) is 0 Å². The highest BCUT2D eigenvalue weighted by Gasteiger charge is 2.14. The van der Waals surface area contributed by atoms with Gasteiger partial charge in [0.2, 0.25) is 0 Å². The summed E-state index contributed by atoms with van der Waals surface area (Å²) >= 11 is 1.44. The molecule has 0 radical (unpaired) electrons. The van der Waals surface area contributed by atoms with Crippen LogP contribution in [0.15, 0.2) is 29.1 Å². The van der Waals surface area contributed by atoms with Crippen molar-refractivity contribution in [1.82, 2.24) is 9.27 Å².